The molecule has 0 bridgehead atoms. The van der Waals surface area contributed by atoms with E-state index in [-0.39, 0.29) is 5.78 Å². The minimum Gasteiger partial charge on any atom is -0.457 e. The van der Waals surface area contributed by atoms with Crippen LogP contribution in [0.3, 0.4) is 0 Å². The first-order valence-electron chi connectivity index (χ1n) is 11.4. The molecule has 1 aliphatic heterocycles. The molecule has 0 spiro atoms. The second-order valence-electron chi connectivity index (χ2n) is 8.38. The number of nitrogens with one attached hydrogen (secondary N) is 1. The van der Waals surface area contributed by atoms with Crippen LogP contribution in [-0.4, -0.2) is 41.9 Å². The first kappa shape index (κ1) is 22.3. The van der Waals surface area contributed by atoms with Crippen molar-refractivity contribution in [3.05, 3.63) is 89.1 Å². The summed E-state index contributed by atoms with van der Waals surface area (Å²) in [5.74, 6) is 2.45. The van der Waals surface area contributed by atoms with Crippen LogP contribution >= 0.6 is 11.6 Å². The number of Topliss-reactive ketones (excluding diaryl/α,β-unsaturated/α-hetero) is 1. The van der Waals surface area contributed by atoms with Gasteiger partial charge in [-0.2, -0.15) is 0 Å². The minimum absolute atomic E-state index is 0.157. The van der Waals surface area contributed by atoms with Crippen molar-refractivity contribution < 1.29 is 9.53 Å². The van der Waals surface area contributed by atoms with E-state index in [1.165, 1.54) is 0 Å². The quantitative estimate of drug-likeness (QED) is 0.415. The molecule has 172 valence electrons. The highest BCUT2D eigenvalue weighted by Gasteiger charge is 2.13. The highest BCUT2D eigenvalue weighted by atomic mass is 35.5. The molecule has 7 heteroatoms. The van der Waals surface area contributed by atoms with E-state index < -0.39 is 0 Å². The van der Waals surface area contributed by atoms with Crippen molar-refractivity contribution in [2.45, 2.75) is 12.8 Å². The predicted molar refractivity (Wildman–Crippen MR) is 135 cm³/mol. The molecule has 1 fully saturated rings. The number of ketones is 1. The number of hydrogen-bond acceptors (Lipinski definition) is 6. The lowest BCUT2D eigenvalue weighted by atomic mass is 10.0. The number of aromatic nitrogens is 2. The first-order valence-corrected chi connectivity index (χ1v) is 11.8. The maximum atomic E-state index is 12.4. The number of carbonyl (C=O) groups excluding carboxylic acids is 1. The van der Waals surface area contributed by atoms with Crippen LogP contribution in [0.1, 0.15) is 11.1 Å². The topological polar surface area (TPSA) is 67.3 Å². The van der Waals surface area contributed by atoms with E-state index in [0.29, 0.717) is 29.4 Å². The van der Waals surface area contributed by atoms with Gasteiger partial charge >= 0.3 is 0 Å². The van der Waals surface area contributed by atoms with Crippen LogP contribution in [0.25, 0.3) is 11.0 Å². The number of nitrogens with zero attached hydrogens (tertiary/aromatic N) is 3. The fourth-order valence-electron chi connectivity index (χ4n) is 4.02. The lowest BCUT2D eigenvalue weighted by Gasteiger charge is -2.28. The summed E-state index contributed by atoms with van der Waals surface area (Å²) in [5.41, 5.74) is 3.56. The van der Waals surface area contributed by atoms with Crippen LogP contribution in [0.4, 0.5) is 5.82 Å². The Kier molecular flexibility index (Phi) is 6.70. The third-order valence-electron chi connectivity index (χ3n) is 5.82. The molecule has 3 aromatic carbocycles. The van der Waals surface area contributed by atoms with Crippen molar-refractivity contribution in [2.24, 2.45) is 0 Å². The van der Waals surface area contributed by atoms with Crippen molar-refractivity contribution in [1.29, 1.82) is 0 Å². The van der Waals surface area contributed by atoms with Gasteiger partial charge in [-0.1, -0.05) is 35.9 Å². The predicted octanol–water partition coefficient (Wildman–Crippen LogP) is 4.84. The molecule has 2 heterocycles. The molecule has 4 aromatic rings. The molecule has 0 aliphatic carbocycles. The van der Waals surface area contributed by atoms with E-state index in [1.54, 1.807) is 12.1 Å². The molecule has 1 saturated heterocycles. The zero-order valence-corrected chi connectivity index (χ0v) is 19.5. The summed E-state index contributed by atoms with van der Waals surface area (Å²) in [7, 11) is 0. The number of carbonyl (C=O) groups is 1. The van der Waals surface area contributed by atoms with Gasteiger partial charge in [-0.3, -0.25) is 9.78 Å². The summed E-state index contributed by atoms with van der Waals surface area (Å²) >= 11 is 5.91. The fourth-order valence-corrected chi connectivity index (χ4v) is 4.15. The second kappa shape index (κ2) is 10.2. The number of rotatable bonds is 7. The third kappa shape index (κ3) is 5.53. The SMILES string of the molecule is O=C(Cc1ccc(Cl)cc1)Cc1ccc(Oc2ccc3ncc(N4CCNCC4)nc3c2)cc1. The number of piperazine rings is 1. The minimum atomic E-state index is 0.157. The van der Waals surface area contributed by atoms with E-state index in [2.05, 4.69) is 15.2 Å². The molecule has 1 aliphatic rings. The van der Waals surface area contributed by atoms with E-state index in [1.807, 2.05) is 60.8 Å². The van der Waals surface area contributed by atoms with Gasteiger partial charge in [0.1, 0.15) is 23.1 Å². The zero-order valence-electron chi connectivity index (χ0n) is 18.7. The lowest BCUT2D eigenvalue weighted by molar-refractivity contribution is -0.117. The number of benzene rings is 3. The smallest absolute Gasteiger partial charge is 0.147 e. The molecule has 1 aromatic heterocycles. The fraction of sp³-hybridized carbons (Fsp3) is 0.222. The van der Waals surface area contributed by atoms with E-state index in [0.717, 1.165) is 54.2 Å². The maximum absolute atomic E-state index is 12.4. The average molecular weight is 473 g/mol. The van der Waals surface area contributed by atoms with Gasteiger partial charge in [-0.15, -0.1) is 0 Å². The number of anilines is 1. The monoisotopic (exact) mass is 472 g/mol. The van der Waals surface area contributed by atoms with E-state index >= 15 is 0 Å². The highest BCUT2D eigenvalue weighted by Crippen LogP contribution is 2.26. The molecule has 5 rings (SSSR count). The molecule has 0 saturated carbocycles. The van der Waals surface area contributed by atoms with Gasteiger partial charge in [-0.25, -0.2) is 4.98 Å². The Morgan fingerprint density at radius 2 is 1.53 bits per heavy atom. The van der Waals surface area contributed by atoms with Gasteiger partial charge in [-0.05, 0) is 47.5 Å². The number of fused-ring (bicyclic) bond motifs is 1. The van der Waals surface area contributed by atoms with Crippen LogP contribution in [0, 0.1) is 0 Å². The molecule has 1 N–H and O–H groups in total. The van der Waals surface area contributed by atoms with E-state index in [4.69, 9.17) is 21.3 Å². The van der Waals surface area contributed by atoms with Gasteiger partial charge in [0.15, 0.2) is 0 Å². The Labute approximate surface area is 203 Å². The largest absolute Gasteiger partial charge is 0.457 e. The van der Waals surface area contributed by atoms with Gasteiger partial charge < -0.3 is 15.0 Å². The Hall–Kier alpha value is -3.48. The maximum Gasteiger partial charge on any atom is 0.147 e. The molecule has 0 unspecified atom stereocenters. The van der Waals surface area contributed by atoms with Crippen molar-refractivity contribution in [3.63, 3.8) is 0 Å². The third-order valence-corrected chi connectivity index (χ3v) is 6.07. The average Bonchev–Trinajstić information content (AvgIpc) is 2.87. The Balaban J connectivity index is 1.23. The first-order chi connectivity index (χ1) is 16.6. The van der Waals surface area contributed by atoms with Crippen molar-refractivity contribution in [3.8, 4) is 11.5 Å². The molecule has 0 radical (unpaired) electrons. The van der Waals surface area contributed by atoms with Crippen LogP contribution < -0.4 is 15.0 Å². The standard InChI is InChI=1S/C27H25ClN4O2/c28-21-5-1-19(2-6-21)15-22(33)16-20-3-7-23(8-4-20)34-24-9-10-25-26(17-24)31-27(18-30-25)32-13-11-29-12-14-32/h1-10,17-18,29H,11-16H2. The van der Waals surface area contributed by atoms with Crippen LogP contribution in [0.5, 0.6) is 11.5 Å². The van der Waals surface area contributed by atoms with Crippen molar-refractivity contribution in [2.75, 3.05) is 31.1 Å². The number of halogens is 1. The molecule has 6 nitrogen and oxygen atoms in total. The highest BCUT2D eigenvalue weighted by molar-refractivity contribution is 6.30. The molecule has 0 amide bonds. The van der Waals surface area contributed by atoms with Gasteiger partial charge in [0.2, 0.25) is 0 Å². The van der Waals surface area contributed by atoms with Crippen LogP contribution in [0.15, 0.2) is 72.9 Å². The number of ether oxygens (including phenoxy) is 1. The summed E-state index contributed by atoms with van der Waals surface area (Å²) in [6, 6.07) is 20.7. The Bertz CT molecular complexity index is 1290. The van der Waals surface area contributed by atoms with Gasteiger partial charge in [0, 0.05) is 50.1 Å². The van der Waals surface area contributed by atoms with Crippen LogP contribution in [-0.2, 0) is 17.6 Å². The molecular weight excluding hydrogens is 448 g/mol. The Morgan fingerprint density at radius 1 is 0.882 bits per heavy atom. The van der Waals surface area contributed by atoms with Crippen molar-refractivity contribution >= 4 is 34.2 Å². The molecular formula is C27H25ClN4O2. The second-order valence-corrected chi connectivity index (χ2v) is 8.82. The molecule has 34 heavy (non-hydrogen) atoms. The van der Waals surface area contributed by atoms with Gasteiger partial charge in [0.05, 0.1) is 17.2 Å². The van der Waals surface area contributed by atoms with Crippen molar-refractivity contribution in [1.82, 2.24) is 15.3 Å². The summed E-state index contributed by atoms with van der Waals surface area (Å²) < 4.78 is 6.05. The summed E-state index contributed by atoms with van der Waals surface area (Å²) in [5, 5.41) is 4.02. The molecule has 0 atom stereocenters. The summed E-state index contributed by atoms with van der Waals surface area (Å²) in [6.07, 6.45) is 2.61. The van der Waals surface area contributed by atoms with Gasteiger partial charge in [0.25, 0.3) is 0 Å². The van der Waals surface area contributed by atoms with E-state index in [9.17, 15) is 4.79 Å². The number of hydrogen-bond donors (Lipinski definition) is 1. The lowest BCUT2D eigenvalue weighted by Crippen LogP contribution is -2.43. The summed E-state index contributed by atoms with van der Waals surface area (Å²) in [4.78, 5) is 24.0. The Morgan fingerprint density at radius 3 is 2.24 bits per heavy atom. The summed E-state index contributed by atoms with van der Waals surface area (Å²) in [6.45, 7) is 3.74. The normalized spacial score (nSPS) is 13.7. The van der Waals surface area contributed by atoms with Crippen LogP contribution in [0.2, 0.25) is 5.02 Å². The zero-order chi connectivity index (χ0) is 23.3.